The van der Waals surface area contributed by atoms with E-state index < -0.39 is 0 Å². The van der Waals surface area contributed by atoms with Gasteiger partial charge >= 0.3 is 0 Å². The van der Waals surface area contributed by atoms with Crippen molar-refractivity contribution in [2.75, 3.05) is 13.1 Å². The van der Waals surface area contributed by atoms with Gasteiger partial charge < -0.3 is 10.6 Å². The van der Waals surface area contributed by atoms with E-state index in [1.165, 1.54) is 0 Å². The summed E-state index contributed by atoms with van der Waals surface area (Å²) in [5, 5.41) is 0. The SMILES string of the molecule is NC1CCCN(C(=O)/C=C/c2ccc(Br)s2)C1. The lowest BCUT2D eigenvalue weighted by Crippen LogP contribution is -2.45. The number of hydrogen-bond acceptors (Lipinski definition) is 3. The molecule has 0 saturated carbocycles. The van der Waals surface area contributed by atoms with Gasteiger partial charge in [0.15, 0.2) is 0 Å². The van der Waals surface area contributed by atoms with Crippen LogP contribution in [0, 0.1) is 0 Å². The number of thiophene rings is 1. The van der Waals surface area contributed by atoms with E-state index in [9.17, 15) is 4.79 Å². The Bertz CT molecular complexity index is 430. The maximum Gasteiger partial charge on any atom is 0.246 e. The average Bonchev–Trinajstić information content (AvgIpc) is 2.72. The second-order valence-corrected chi connectivity index (χ2v) is 6.66. The van der Waals surface area contributed by atoms with E-state index in [-0.39, 0.29) is 11.9 Å². The molecule has 1 aliphatic heterocycles. The number of carbonyl (C=O) groups is 1. The minimum atomic E-state index is 0.0599. The highest BCUT2D eigenvalue weighted by Gasteiger charge is 2.19. The van der Waals surface area contributed by atoms with Crippen LogP contribution in [0.5, 0.6) is 0 Å². The van der Waals surface area contributed by atoms with Crippen LogP contribution in [0.15, 0.2) is 22.0 Å². The molecule has 2 rings (SSSR count). The summed E-state index contributed by atoms with van der Waals surface area (Å²) in [4.78, 5) is 14.8. The van der Waals surface area contributed by atoms with Crippen molar-refractivity contribution in [1.29, 1.82) is 0 Å². The number of hydrogen-bond donors (Lipinski definition) is 1. The van der Waals surface area contributed by atoms with Gasteiger partial charge in [0.2, 0.25) is 5.91 Å². The Morgan fingerprint density at radius 1 is 1.59 bits per heavy atom. The van der Waals surface area contributed by atoms with Crippen LogP contribution in [-0.2, 0) is 4.79 Å². The van der Waals surface area contributed by atoms with Gasteiger partial charge in [0.25, 0.3) is 0 Å². The van der Waals surface area contributed by atoms with E-state index in [4.69, 9.17) is 5.73 Å². The van der Waals surface area contributed by atoms with Crippen LogP contribution in [0.2, 0.25) is 0 Å². The minimum Gasteiger partial charge on any atom is -0.338 e. The summed E-state index contributed by atoms with van der Waals surface area (Å²) in [6.07, 6.45) is 5.52. The maximum atomic E-state index is 11.9. The first kappa shape index (κ1) is 12.8. The van der Waals surface area contributed by atoms with Crippen molar-refractivity contribution in [1.82, 2.24) is 4.90 Å². The molecule has 0 aromatic carbocycles. The van der Waals surface area contributed by atoms with Crippen molar-refractivity contribution in [2.24, 2.45) is 5.73 Å². The Balaban J connectivity index is 1.94. The first-order valence-electron chi connectivity index (χ1n) is 5.63. The standard InChI is InChI=1S/C12H15BrN2OS/c13-11-5-3-10(17-11)4-6-12(16)15-7-1-2-9(14)8-15/h3-6,9H,1-2,7-8,14H2/b6-4+. The lowest BCUT2D eigenvalue weighted by Gasteiger charge is -2.29. The number of amides is 1. The van der Waals surface area contributed by atoms with Gasteiger partial charge in [0.1, 0.15) is 0 Å². The van der Waals surface area contributed by atoms with Crippen LogP contribution in [0.25, 0.3) is 6.08 Å². The van der Waals surface area contributed by atoms with Crippen LogP contribution in [0.4, 0.5) is 0 Å². The number of rotatable bonds is 2. The smallest absolute Gasteiger partial charge is 0.246 e. The Morgan fingerprint density at radius 2 is 2.41 bits per heavy atom. The second-order valence-electron chi connectivity index (χ2n) is 4.16. The van der Waals surface area contributed by atoms with E-state index in [1.807, 2.05) is 23.1 Å². The Kier molecular flexibility index (Phi) is 4.36. The maximum absolute atomic E-state index is 11.9. The highest BCUT2D eigenvalue weighted by molar-refractivity contribution is 9.11. The summed E-state index contributed by atoms with van der Waals surface area (Å²) in [5.74, 6) is 0.0599. The largest absolute Gasteiger partial charge is 0.338 e. The molecule has 0 bridgehead atoms. The molecule has 1 aromatic heterocycles. The lowest BCUT2D eigenvalue weighted by molar-refractivity contribution is -0.127. The normalized spacial score (nSPS) is 21.1. The first-order valence-corrected chi connectivity index (χ1v) is 7.24. The molecular weight excluding hydrogens is 300 g/mol. The summed E-state index contributed by atoms with van der Waals surface area (Å²) < 4.78 is 1.07. The molecule has 2 N–H and O–H groups in total. The predicted octanol–water partition coefficient (Wildman–Crippen LogP) is 2.47. The third-order valence-corrected chi connectivity index (χ3v) is 4.34. The van der Waals surface area contributed by atoms with Gasteiger partial charge in [-0.2, -0.15) is 0 Å². The monoisotopic (exact) mass is 314 g/mol. The van der Waals surface area contributed by atoms with Crippen molar-refractivity contribution < 1.29 is 4.79 Å². The van der Waals surface area contributed by atoms with Gasteiger partial charge in [-0.05, 0) is 47.0 Å². The Hall–Kier alpha value is -0.650. The van der Waals surface area contributed by atoms with Crippen molar-refractivity contribution in [3.63, 3.8) is 0 Å². The number of piperidine rings is 1. The molecule has 3 nitrogen and oxygen atoms in total. The molecule has 1 unspecified atom stereocenters. The zero-order valence-corrected chi connectivity index (χ0v) is 11.8. The molecule has 1 amide bonds. The minimum absolute atomic E-state index is 0.0599. The Morgan fingerprint density at radius 3 is 3.06 bits per heavy atom. The van der Waals surface area contributed by atoms with Gasteiger partial charge in [-0.15, -0.1) is 11.3 Å². The van der Waals surface area contributed by atoms with Crippen LogP contribution < -0.4 is 5.73 Å². The quantitative estimate of drug-likeness (QED) is 0.852. The second kappa shape index (κ2) is 5.80. The molecular formula is C12H15BrN2OS. The van der Waals surface area contributed by atoms with Crippen molar-refractivity contribution in [3.8, 4) is 0 Å². The Labute approximate surface area is 113 Å². The fraction of sp³-hybridized carbons (Fsp3) is 0.417. The summed E-state index contributed by atoms with van der Waals surface area (Å²) in [6.45, 7) is 1.50. The predicted molar refractivity (Wildman–Crippen MR) is 74.8 cm³/mol. The van der Waals surface area contributed by atoms with Gasteiger partial charge in [-0.3, -0.25) is 4.79 Å². The van der Waals surface area contributed by atoms with Gasteiger partial charge in [-0.1, -0.05) is 0 Å². The highest BCUT2D eigenvalue weighted by atomic mass is 79.9. The molecule has 17 heavy (non-hydrogen) atoms. The number of halogens is 1. The van der Waals surface area contributed by atoms with Crippen LogP contribution in [-0.4, -0.2) is 29.9 Å². The zero-order chi connectivity index (χ0) is 12.3. The number of likely N-dealkylation sites (tertiary alicyclic amines) is 1. The summed E-state index contributed by atoms with van der Waals surface area (Å²) in [7, 11) is 0. The molecule has 2 heterocycles. The summed E-state index contributed by atoms with van der Waals surface area (Å²) >= 11 is 5.01. The third-order valence-electron chi connectivity index (χ3n) is 2.75. The van der Waals surface area contributed by atoms with Gasteiger partial charge in [0.05, 0.1) is 3.79 Å². The number of carbonyl (C=O) groups excluding carboxylic acids is 1. The lowest BCUT2D eigenvalue weighted by atomic mass is 10.1. The number of nitrogens with zero attached hydrogens (tertiary/aromatic N) is 1. The molecule has 1 aromatic rings. The van der Waals surface area contributed by atoms with Crippen molar-refractivity contribution in [3.05, 3.63) is 26.9 Å². The first-order chi connectivity index (χ1) is 8.15. The molecule has 92 valence electrons. The molecule has 1 saturated heterocycles. The fourth-order valence-corrected chi connectivity index (χ4v) is 3.21. The van der Waals surface area contributed by atoms with Crippen molar-refractivity contribution >= 4 is 39.2 Å². The van der Waals surface area contributed by atoms with Crippen LogP contribution in [0.3, 0.4) is 0 Å². The molecule has 5 heteroatoms. The van der Waals surface area contributed by atoms with Gasteiger partial charge in [0, 0.05) is 30.1 Å². The van der Waals surface area contributed by atoms with E-state index in [1.54, 1.807) is 17.4 Å². The molecule has 1 atom stereocenters. The molecule has 1 aliphatic rings. The average molecular weight is 315 g/mol. The summed E-state index contributed by atoms with van der Waals surface area (Å²) in [6, 6.07) is 4.10. The van der Waals surface area contributed by atoms with E-state index in [0.29, 0.717) is 6.54 Å². The highest BCUT2D eigenvalue weighted by Crippen LogP contribution is 2.23. The van der Waals surface area contributed by atoms with Crippen molar-refractivity contribution in [2.45, 2.75) is 18.9 Å². The van der Waals surface area contributed by atoms with Gasteiger partial charge in [-0.25, -0.2) is 0 Å². The third kappa shape index (κ3) is 3.66. The van der Waals surface area contributed by atoms with Crippen LogP contribution in [0.1, 0.15) is 17.7 Å². The van der Waals surface area contributed by atoms with E-state index in [2.05, 4.69) is 15.9 Å². The van der Waals surface area contributed by atoms with E-state index >= 15 is 0 Å². The summed E-state index contributed by atoms with van der Waals surface area (Å²) in [5.41, 5.74) is 5.85. The van der Waals surface area contributed by atoms with E-state index in [0.717, 1.165) is 28.0 Å². The molecule has 0 radical (unpaired) electrons. The fourth-order valence-electron chi connectivity index (χ4n) is 1.89. The topological polar surface area (TPSA) is 46.3 Å². The molecule has 0 spiro atoms. The zero-order valence-electron chi connectivity index (χ0n) is 9.43. The van der Waals surface area contributed by atoms with Crippen LogP contribution >= 0.6 is 27.3 Å². The molecule has 1 fully saturated rings. The number of nitrogens with two attached hydrogens (primary N) is 1. The molecule has 0 aliphatic carbocycles.